The van der Waals surface area contributed by atoms with Crippen molar-refractivity contribution in [1.82, 2.24) is 0 Å². The summed E-state index contributed by atoms with van der Waals surface area (Å²) in [6.07, 6.45) is 4.11. The molecule has 48 valence electrons. The molecular formula is C7H15N. The Morgan fingerprint density at radius 1 is 1.50 bits per heavy atom. The van der Waals surface area contributed by atoms with Gasteiger partial charge < -0.3 is 5.73 Å². The Morgan fingerprint density at radius 3 is 2.50 bits per heavy atom. The highest BCUT2D eigenvalue weighted by Crippen LogP contribution is 2.34. The normalized spacial score (nSPS) is 36.8. The van der Waals surface area contributed by atoms with E-state index in [1.165, 1.54) is 19.3 Å². The lowest BCUT2D eigenvalue weighted by atomic mass is 9.74. The molecule has 1 rings (SSSR count). The number of hydrogen-bond donors (Lipinski definition) is 1. The first-order valence-electron chi connectivity index (χ1n) is 3.53. The molecule has 0 radical (unpaired) electrons. The van der Waals surface area contributed by atoms with E-state index in [2.05, 4.69) is 6.92 Å². The molecule has 1 aliphatic rings. The van der Waals surface area contributed by atoms with Crippen LogP contribution in [0.2, 0.25) is 0 Å². The average Bonchev–Trinajstić information content (AvgIpc) is 1.64. The van der Waals surface area contributed by atoms with Crippen LogP contribution in [-0.4, -0.2) is 6.54 Å². The van der Waals surface area contributed by atoms with Gasteiger partial charge in [0.15, 0.2) is 0 Å². The molecule has 1 saturated carbocycles. The number of nitrogens with two attached hydrogens (primary N) is 1. The van der Waals surface area contributed by atoms with Gasteiger partial charge in [-0.3, -0.25) is 0 Å². The van der Waals surface area contributed by atoms with Crippen molar-refractivity contribution < 1.29 is 0 Å². The van der Waals surface area contributed by atoms with Crippen LogP contribution < -0.4 is 5.73 Å². The zero-order chi connectivity index (χ0) is 5.98. The minimum absolute atomic E-state index is 0.886. The molecule has 0 heterocycles. The molecule has 0 aromatic heterocycles. The zero-order valence-electron chi connectivity index (χ0n) is 5.56. The summed E-state index contributed by atoms with van der Waals surface area (Å²) >= 11 is 0. The van der Waals surface area contributed by atoms with Crippen molar-refractivity contribution in [3.8, 4) is 0 Å². The lowest BCUT2D eigenvalue weighted by molar-refractivity contribution is 0.202. The van der Waals surface area contributed by atoms with E-state index >= 15 is 0 Å². The van der Waals surface area contributed by atoms with Crippen LogP contribution in [0.4, 0.5) is 0 Å². The van der Waals surface area contributed by atoms with Crippen molar-refractivity contribution in [3.63, 3.8) is 0 Å². The SMILES string of the molecule is C[C@H]1C[C@H](CCN)C1. The van der Waals surface area contributed by atoms with Crippen LogP contribution >= 0.6 is 0 Å². The van der Waals surface area contributed by atoms with Crippen LogP contribution in [0.25, 0.3) is 0 Å². The van der Waals surface area contributed by atoms with E-state index in [0.717, 1.165) is 18.4 Å². The summed E-state index contributed by atoms with van der Waals surface area (Å²) in [4.78, 5) is 0. The standard InChI is InChI=1S/C7H15N/c1-6-4-7(5-6)2-3-8/h6-7H,2-5,8H2,1H3/t6-,7-. The van der Waals surface area contributed by atoms with Crippen molar-refractivity contribution in [2.45, 2.75) is 26.2 Å². The van der Waals surface area contributed by atoms with Gasteiger partial charge in [-0.15, -0.1) is 0 Å². The molecule has 1 nitrogen and oxygen atoms in total. The Balaban J connectivity index is 1.98. The van der Waals surface area contributed by atoms with Crippen LogP contribution in [0.1, 0.15) is 26.2 Å². The molecule has 0 aromatic carbocycles. The van der Waals surface area contributed by atoms with E-state index in [1.807, 2.05) is 0 Å². The quantitative estimate of drug-likeness (QED) is 0.575. The molecule has 0 amide bonds. The summed E-state index contributed by atoms with van der Waals surface area (Å²) in [6, 6.07) is 0. The molecule has 0 aromatic rings. The van der Waals surface area contributed by atoms with E-state index in [9.17, 15) is 0 Å². The second-order valence-corrected chi connectivity index (χ2v) is 3.02. The van der Waals surface area contributed by atoms with Gasteiger partial charge in [-0.25, -0.2) is 0 Å². The fraction of sp³-hybridized carbons (Fsp3) is 1.00. The molecule has 1 heteroatoms. The van der Waals surface area contributed by atoms with Gasteiger partial charge in [0.1, 0.15) is 0 Å². The Morgan fingerprint density at radius 2 is 2.12 bits per heavy atom. The number of hydrogen-bond acceptors (Lipinski definition) is 1. The zero-order valence-corrected chi connectivity index (χ0v) is 5.56. The van der Waals surface area contributed by atoms with Crippen LogP contribution in [0, 0.1) is 11.8 Å². The van der Waals surface area contributed by atoms with Crippen molar-refractivity contribution in [3.05, 3.63) is 0 Å². The highest BCUT2D eigenvalue weighted by atomic mass is 14.5. The van der Waals surface area contributed by atoms with Gasteiger partial charge >= 0.3 is 0 Å². The Kier molecular flexibility index (Phi) is 1.90. The number of rotatable bonds is 2. The average molecular weight is 113 g/mol. The van der Waals surface area contributed by atoms with Crippen LogP contribution in [0.5, 0.6) is 0 Å². The fourth-order valence-corrected chi connectivity index (χ4v) is 1.54. The van der Waals surface area contributed by atoms with Crippen molar-refractivity contribution in [2.75, 3.05) is 6.54 Å². The minimum atomic E-state index is 0.886. The highest BCUT2D eigenvalue weighted by Gasteiger charge is 2.23. The third-order valence-electron chi connectivity index (χ3n) is 2.05. The van der Waals surface area contributed by atoms with Crippen LogP contribution in [0.3, 0.4) is 0 Å². The lowest BCUT2D eigenvalue weighted by Crippen LogP contribution is -2.23. The maximum atomic E-state index is 5.38. The smallest absolute Gasteiger partial charge is 0.00746 e. The molecule has 0 unspecified atom stereocenters. The summed E-state index contributed by atoms with van der Waals surface area (Å²) in [5, 5.41) is 0. The summed E-state index contributed by atoms with van der Waals surface area (Å²) in [5.41, 5.74) is 5.38. The molecule has 2 N–H and O–H groups in total. The topological polar surface area (TPSA) is 26.0 Å². The van der Waals surface area contributed by atoms with Gasteiger partial charge in [0.2, 0.25) is 0 Å². The van der Waals surface area contributed by atoms with Gasteiger partial charge in [-0.05, 0) is 37.6 Å². The molecule has 0 atom stereocenters. The van der Waals surface area contributed by atoms with Gasteiger partial charge in [-0.2, -0.15) is 0 Å². The van der Waals surface area contributed by atoms with Crippen molar-refractivity contribution in [1.29, 1.82) is 0 Å². The van der Waals surface area contributed by atoms with Crippen LogP contribution in [-0.2, 0) is 0 Å². The van der Waals surface area contributed by atoms with Gasteiger partial charge in [0, 0.05) is 0 Å². The first-order chi connectivity index (χ1) is 3.83. The summed E-state index contributed by atoms with van der Waals surface area (Å²) < 4.78 is 0. The van der Waals surface area contributed by atoms with Gasteiger partial charge in [0.05, 0.1) is 0 Å². The van der Waals surface area contributed by atoms with Crippen molar-refractivity contribution >= 4 is 0 Å². The second kappa shape index (κ2) is 2.49. The first kappa shape index (κ1) is 6.09. The van der Waals surface area contributed by atoms with Gasteiger partial charge in [0.25, 0.3) is 0 Å². The fourth-order valence-electron chi connectivity index (χ4n) is 1.54. The van der Waals surface area contributed by atoms with Crippen molar-refractivity contribution in [2.24, 2.45) is 17.6 Å². The van der Waals surface area contributed by atoms with E-state index in [4.69, 9.17) is 5.73 Å². The largest absolute Gasteiger partial charge is 0.330 e. The molecule has 0 aliphatic heterocycles. The third-order valence-corrected chi connectivity index (χ3v) is 2.05. The van der Waals surface area contributed by atoms with E-state index < -0.39 is 0 Å². The van der Waals surface area contributed by atoms with E-state index in [0.29, 0.717) is 0 Å². The Bertz CT molecular complexity index is 62.0. The monoisotopic (exact) mass is 113 g/mol. The molecule has 0 bridgehead atoms. The lowest BCUT2D eigenvalue weighted by Gasteiger charge is -2.32. The maximum absolute atomic E-state index is 5.38. The van der Waals surface area contributed by atoms with Crippen LogP contribution in [0.15, 0.2) is 0 Å². The first-order valence-corrected chi connectivity index (χ1v) is 3.53. The predicted molar refractivity (Wildman–Crippen MR) is 35.6 cm³/mol. The summed E-state index contributed by atoms with van der Waals surface area (Å²) in [6.45, 7) is 3.20. The molecule has 0 saturated heterocycles. The van der Waals surface area contributed by atoms with E-state index in [1.54, 1.807) is 0 Å². The Hall–Kier alpha value is -0.0400. The molecule has 0 spiro atoms. The summed E-state index contributed by atoms with van der Waals surface area (Å²) in [7, 11) is 0. The minimum Gasteiger partial charge on any atom is -0.330 e. The highest BCUT2D eigenvalue weighted by molar-refractivity contribution is 4.75. The summed E-state index contributed by atoms with van der Waals surface area (Å²) in [5.74, 6) is 1.97. The molecule has 8 heavy (non-hydrogen) atoms. The predicted octanol–water partition coefficient (Wildman–Crippen LogP) is 1.38. The maximum Gasteiger partial charge on any atom is -0.00746 e. The molecule has 1 fully saturated rings. The third kappa shape index (κ3) is 1.22. The Labute approximate surface area is 51.3 Å². The molecule has 1 aliphatic carbocycles. The second-order valence-electron chi connectivity index (χ2n) is 3.02. The van der Waals surface area contributed by atoms with Gasteiger partial charge in [-0.1, -0.05) is 6.92 Å². The van der Waals surface area contributed by atoms with E-state index in [-0.39, 0.29) is 0 Å². The molecular weight excluding hydrogens is 98.1 g/mol.